The van der Waals surface area contributed by atoms with Gasteiger partial charge >= 0.3 is 0 Å². The van der Waals surface area contributed by atoms with E-state index in [9.17, 15) is 0 Å². The fourth-order valence-electron chi connectivity index (χ4n) is 17.1. The van der Waals surface area contributed by atoms with Crippen molar-refractivity contribution in [3.8, 4) is 50.2 Å². The first-order valence-corrected chi connectivity index (χ1v) is 29.2. The minimum absolute atomic E-state index is 0.533. The maximum Gasteiger partial charge on any atom is 0.0755 e. The molecule has 19 rings (SSSR count). The van der Waals surface area contributed by atoms with Crippen molar-refractivity contribution in [3.05, 3.63) is 370 Å². The average Bonchev–Trinajstić information content (AvgIpc) is 2.09. The number of benzene rings is 13. The highest BCUT2D eigenvalue weighted by atomic mass is 15.2. The molecule has 0 N–H and O–H groups in total. The Morgan fingerprint density at radius 2 is 0.651 bits per heavy atom. The summed E-state index contributed by atoms with van der Waals surface area (Å²) < 4.78 is 2.55. The van der Waals surface area contributed by atoms with Crippen LogP contribution < -0.4 is 4.90 Å². The number of anilines is 3. The van der Waals surface area contributed by atoms with Gasteiger partial charge in [0.25, 0.3) is 0 Å². The fraction of sp³-hybridized carbons (Fsp3) is 0.0370. The van der Waals surface area contributed by atoms with Gasteiger partial charge in [0.2, 0.25) is 0 Å². The third-order valence-electron chi connectivity index (χ3n) is 19.9. The molecule has 4 aliphatic carbocycles. The van der Waals surface area contributed by atoms with E-state index < -0.39 is 16.2 Å². The van der Waals surface area contributed by atoms with Crippen molar-refractivity contribution in [2.45, 2.75) is 16.2 Å². The zero-order chi connectivity index (χ0) is 54.2. The summed E-state index contributed by atoms with van der Waals surface area (Å²) in [5, 5.41) is 2.55. The summed E-state index contributed by atoms with van der Waals surface area (Å²) in [7, 11) is 0. The van der Waals surface area contributed by atoms with Crippen molar-refractivity contribution in [2.24, 2.45) is 0 Å². The molecule has 2 heterocycles. The Balaban J connectivity index is 0.955. The van der Waals surface area contributed by atoms with E-state index in [2.05, 4.69) is 313 Å². The second-order valence-corrected chi connectivity index (χ2v) is 23.2. The molecule has 2 nitrogen and oxygen atoms in total. The largest absolute Gasteiger partial charge is 0.309 e. The first-order chi connectivity index (χ1) is 41.2. The van der Waals surface area contributed by atoms with Gasteiger partial charge in [0.1, 0.15) is 0 Å². The number of nitrogens with zero attached hydrogens (tertiary/aromatic N) is 2. The van der Waals surface area contributed by atoms with Crippen LogP contribution in [0.25, 0.3) is 72.0 Å². The number of fused-ring (bicyclic) bond motifs is 25. The molecule has 0 saturated heterocycles. The van der Waals surface area contributed by atoms with Crippen molar-refractivity contribution < 1.29 is 0 Å². The van der Waals surface area contributed by atoms with Crippen LogP contribution in [0.2, 0.25) is 0 Å². The van der Waals surface area contributed by atoms with Gasteiger partial charge in [-0.05, 0) is 137 Å². The summed E-state index contributed by atoms with van der Waals surface area (Å²) in [6.07, 6.45) is 0. The van der Waals surface area contributed by atoms with Gasteiger partial charge in [-0.3, -0.25) is 0 Å². The van der Waals surface area contributed by atoms with Crippen molar-refractivity contribution in [2.75, 3.05) is 4.90 Å². The normalized spacial score (nSPS) is 16.0. The van der Waals surface area contributed by atoms with Gasteiger partial charge in [0.15, 0.2) is 0 Å². The zero-order valence-corrected chi connectivity index (χ0v) is 45.3. The Morgan fingerprint density at radius 3 is 1.23 bits per heavy atom. The van der Waals surface area contributed by atoms with E-state index >= 15 is 0 Å². The molecule has 2 spiro atoms. The van der Waals surface area contributed by atoms with E-state index in [1.165, 1.54) is 139 Å². The first-order valence-electron chi connectivity index (χ1n) is 29.2. The molecular weight excluding hydrogens is 1000 g/mol. The molecule has 83 heavy (non-hydrogen) atoms. The van der Waals surface area contributed by atoms with E-state index in [0.717, 1.165) is 17.1 Å². The number of hydrogen-bond acceptors (Lipinski definition) is 1. The second-order valence-electron chi connectivity index (χ2n) is 23.2. The van der Waals surface area contributed by atoms with Crippen molar-refractivity contribution in [1.29, 1.82) is 0 Å². The third kappa shape index (κ3) is 5.37. The number of para-hydroxylation sites is 3. The summed E-state index contributed by atoms with van der Waals surface area (Å²) in [6, 6.07) is 116. The molecule has 384 valence electrons. The predicted octanol–water partition coefficient (Wildman–Crippen LogP) is 19.6. The molecule has 2 heteroatoms. The van der Waals surface area contributed by atoms with Gasteiger partial charge in [-0.15, -0.1) is 0 Å². The molecular formula is C81H50N2. The SMILES string of the molecule is c1ccc(C2(c3ccccc3)c3ccccc3-c3ccc(N(c4cccc5c4-c4ccccc4C54c5ccccc5-c5ccccc54)c4cccc5c4-c4ccccc4C54c5ccccc5-n5c6ccccc6c6cccc4c65)cc32)cc1. The first kappa shape index (κ1) is 45.2. The molecule has 5 aliphatic rings. The Morgan fingerprint density at radius 1 is 0.253 bits per heavy atom. The Bertz CT molecular complexity index is 5030. The lowest BCUT2D eigenvalue weighted by Crippen LogP contribution is -2.33. The number of rotatable bonds is 5. The minimum atomic E-state index is -0.643. The Hall–Kier alpha value is -10.5. The lowest BCUT2D eigenvalue weighted by atomic mass is 9.65. The lowest BCUT2D eigenvalue weighted by Gasteiger charge is -2.40. The molecule has 14 aromatic rings. The van der Waals surface area contributed by atoms with Gasteiger partial charge < -0.3 is 9.47 Å². The highest BCUT2D eigenvalue weighted by Gasteiger charge is 2.55. The average molecular weight is 1050 g/mol. The topological polar surface area (TPSA) is 8.17 Å². The zero-order valence-electron chi connectivity index (χ0n) is 45.3. The monoisotopic (exact) mass is 1050 g/mol. The van der Waals surface area contributed by atoms with Crippen LogP contribution in [-0.4, -0.2) is 4.57 Å². The molecule has 0 fully saturated rings. The highest BCUT2D eigenvalue weighted by Crippen LogP contribution is 2.68. The molecule has 1 atom stereocenters. The molecule has 1 unspecified atom stereocenters. The molecule has 13 aromatic carbocycles. The van der Waals surface area contributed by atoms with E-state index in [1.54, 1.807) is 0 Å². The summed E-state index contributed by atoms with van der Waals surface area (Å²) in [5.41, 5.74) is 31.0. The molecule has 0 radical (unpaired) electrons. The van der Waals surface area contributed by atoms with Crippen LogP contribution in [0, 0.1) is 0 Å². The van der Waals surface area contributed by atoms with Crippen molar-refractivity contribution in [1.82, 2.24) is 4.57 Å². The number of aromatic nitrogens is 1. The fourth-order valence-corrected chi connectivity index (χ4v) is 17.1. The van der Waals surface area contributed by atoms with Crippen molar-refractivity contribution >= 4 is 38.9 Å². The van der Waals surface area contributed by atoms with Gasteiger partial charge in [-0.2, -0.15) is 0 Å². The van der Waals surface area contributed by atoms with Crippen LogP contribution in [0.4, 0.5) is 17.1 Å². The van der Waals surface area contributed by atoms with Crippen LogP contribution in [0.5, 0.6) is 0 Å². The number of hydrogen-bond donors (Lipinski definition) is 0. The van der Waals surface area contributed by atoms with Crippen LogP contribution >= 0.6 is 0 Å². The van der Waals surface area contributed by atoms with Gasteiger partial charge in [-0.25, -0.2) is 0 Å². The molecule has 0 bridgehead atoms. The van der Waals surface area contributed by atoms with Crippen LogP contribution in [0.1, 0.15) is 66.8 Å². The lowest BCUT2D eigenvalue weighted by molar-refractivity contribution is 0.748. The van der Waals surface area contributed by atoms with Crippen LogP contribution in [0.3, 0.4) is 0 Å². The standard InChI is InChI=1S/C81H50N2/c1-3-24-51(25-4-1)79(52-26-5-2-6-27-52)62-35-13-7-30-56(62)57-49-48-53(50-71(57)79)82(74-46-22-41-68-76(74)60-32-10-16-38-65(60)80(68)63-36-14-8-28-54(63)55-29-9-15-37-64(55)80)75-47-23-42-69-77(75)61-33-11-17-39-66(61)81(69)67-40-18-20-45-73(67)83-72-44-19-12-31-58(72)59-34-21-43-70(81)78(59)83/h1-50H. The van der Waals surface area contributed by atoms with E-state index in [4.69, 9.17) is 0 Å². The highest BCUT2D eigenvalue weighted by molar-refractivity contribution is 6.14. The minimum Gasteiger partial charge on any atom is -0.309 e. The molecule has 1 aliphatic heterocycles. The maximum absolute atomic E-state index is 2.67. The maximum atomic E-state index is 2.67. The van der Waals surface area contributed by atoms with Gasteiger partial charge in [0.05, 0.1) is 44.3 Å². The molecule has 0 saturated carbocycles. The van der Waals surface area contributed by atoms with Gasteiger partial charge in [-0.1, -0.05) is 267 Å². The summed E-state index contributed by atoms with van der Waals surface area (Å²) in [5.74, 6) is 0. The Kier molecular flexibility index (Phi) is 8.89. The predicted molar refractivity (Wildman–Crippen MR) is 340 cm³/mol. The summed E-state index contributed by atoms with van der Waals surface area (Å²) in [6.45, 7) is 0. The molecule has 1 aromatic heterocycles. The van der Waals surface area contributed by atoms with E-state index in [1.807, 2.05) is 0 Å². The van der Waals surface area contributed by atoms with Crippen LogP contribution in [0.15, 0.2) is 303 Å². The second kappa shape index (κ2) is 16.3. The third-order valence-corrected chi connectivity index (χ3v) is 19.9. The van der Waals surface area contributed by atoms with Gasteiger partial charge in [0, 0.05) is 27.6 Å². The molecule has 0 amide bonds. The van der Waals surface area contributed by atoms with E-state index in [-0.39, 0.29) is 0 Å². The smallest absolute Gasteiger partial charge is 0.0755 e. The van der Waals surface area contributed by atoms with E-state index in [0.29, 0.717) is 0 Å². The Labute approximate surface area is 482 Å². The summed E-state index contributed by atoms with van der Waals surface area (Å²) in [4.78, 5) is 2.67. The quantitative estimate of drug-likeness (QED) is 0.167. The van der Waals surface area contributed by atoms with Crippen LogP contribution in [-0.2, 0) is 16.2 Å². The van der Waals surface area contributed by atoms with Crippen molar-refractivity contribution in [3.63, 3.8) is 0 Å². The summed E-state index contributed by atoms with van der Waals surface area (Å²) >= 11 is 0.